The zero-order valence-electron chi connectivity index (χ0n) is 13.7. The van der Waals surface area contributed by atoms with E-state index < -0.39 is 0 Å². The molecule has 2 aromatic heterocycles. The molecule has 3 rings (SSSR count). The molecule has 1 aromatic carbocycles. The van der Waals surface area contributed by atoms with E-state index in [2.05, 4.69) is 25.6 Å². The molecule has 2 heterocycles. The van der Waals surface area contributed by atoms with Crippen LogP contribution in [0.2, 0.25) is 5.02 Å². The van der Waals surface area contributed by atoms with Gasteiger partial charge in [-0.3, -0.25) is 0 Å². The number of aromatic nitrogens is 3. The first kappa shape index (κ1) is 16.8. The lowest BCUT2D eigenvalue weighted by Crippen LogP contribution is -2.06. The van der Waals surface area contributed by atoms with Crippen LogP contribution in [0, 0.1) is 6.92 Å². The number of nitrogens with two attached hydrogens (primary N) is 1. The summed E-state index contributed by atoms with van der Waals surface area (Å²) in [5.74, 6) is 2.16. The molecule has 0 fully saturated rings. The largest absolute Gasteiger partial charge is 0.495 e. The Morgan fingerprint density at radius 3 is 2.52 bits per heavy atom. The summed E-state index contributed by atoms with van der Waals surface area (Å²) in [6.45, 7) is 1.98. The Kier molecular flexibility index (Phi) is 4.85. The van der Waals surface area contributed by atoms with E-state index in [9.17, 15) is 0 Å². The fraction of sp³-hybridized carbons (Fsp3) is 0.118. The first-order valence-electron chi connectivity index (χ1n) is 7.47. The van der Waals surface area contributed by atoms with Crippen LogP contribution in [-0.2, 0) is 0 Å². The number of benzene rings is 1. The van der Waals surface area contributed by atoms with Crippen LogP contribution in [0.5, 0.6) is 5.75 Å². The summed E-state index contributed by atoms with van der Waals surface area (Å²) >= 11 is 6.05. The Balaban J connectivity index is 1.90. The van der Waals surface area contributed by atoms with E-state index in [0.717, 1.165) is 5.56 Å². The molecule has 128 valence electrons. The molecule has 0 spiro atoms. The molecule has 3 aromatic rings. The molecule has 0 amide bonds. The number of nitrogens with zero attached hydrogens (tertiary/aromatic N) is 3. The third kappa shape index (κ3) is 3.89. The van der Waals surface area contributed by atoms with Crippen LogP contribution in [0.15, 0.2) is 42.9 Å². The zero-order valence-corrected chi connectivity index (χ0v) is 14.5. The molecular formula is C17H17ClN6O. The molecule has 0 aliphatic rings. The summed E-state index contributed by atoms with van der Waals surface area (Å²) in [5, 5.41) is 6.79. The number of methoxy groups -OCH3 is 1. The number of nitrogens with one attached hydrogen (secondary N) is 2. The predicted octanol–water partition coefficient (Wildman–Crippen LogP) is 3.91. The lowest BCUT2D eigenvalue weighted by molar-refractivity contribution is 0.417. The highest BCUT2D eigenvalue weighted by atomic mass is 35.5. The van der Waals surface area contributed by atoms with Crippen molar-refractivity contribution in [3.63, 3.8) is 0 Å². The highest BCUT2D eigenvalue weighted by Gasteiger charge is 2.12. The molecule has 8 heteroatoms. The first-order valence-corrected chi connectivity index (χ1v) is 7.85. The monoisotopic (exact) mass is 356 g/mol. The summed E-state index contributed by atoms with van der Waals surface area (Å²) < 4.78 is 5.32. The summed E-state index contributed by atoms with van der Waals surface area (Å²) in [5.41, 5.74) is 8.28. The fourth-order valence-corrected chi connectivity index (χ4v) is 2.40. The van der Waals surface area contributed by atoms with Crippen LogP contribution >= 0.6 is 11.6 Å². The summed E-state index contributed by atoms with van der Waals surface area (Å²) in [7, 11) is 1.58. The van der Waals surface area contributed by atoms with Gasteiger partial charge in [-0.05, 0) is 42.8 Å². The Morgan fingerprint density at radius 2 is 1.80 bits per heavy atom. The van der Waals surface area contributed by atoms with E-state index in [1.165, 1.54) is 6.33 Å². The average Bonchev–Trinajstić information content (AvgIpc) is 2.59. The molecule has 7 nitrogen and oxygen atoms in total. The van der Waals surface area contributed by atoms with Gasteiger partial charge in [-0.15, -0.1) is 0 Å². The van der Waals surface area contributed by atoms with E-state index in [0.29, 0.717) is 39.6 Å². The highest BCUT2D eigenvalue weighted by molar-refractivity contribution is 6.31. The number of anilines is 5. The quantitative estimate of drug-likeness (QED) is 0.637. The minimum absolute atomic E-state index is 0.354. The van der Waals surface area contributed by atoms with E-state index >= 15 is 0 Å². The van der Waals surface area contributed by atoms with Gasteiger partial charge in [-0.1, -0.05) is 11.6 Å². The Labute approximate surface area is 150 Å². The second-order valence-electron chi connectivity index (χ2n) is 5.30. The van der Waals surface area contributed by atoms with Gasteiger partial charge in [0.25, 0.3) is 0 Å². The Morgan fingerprint density at radius 1 is 1.04 bits per heavy atom. The third-order valence-corrected chi connectivity index (χ3v) is 3.70. The molecule has 0 saturated carbocycles. The van der Waals surface area contributed by atoms with Crippen LogP contribution in [0.1, 0.15) is 5.56 Å². The number of hydrogen-bond acceptors (Lipinski definition) is 7. The molecule has 0 saturated heterocycles. The van der Waals surface area contributed by atoms with Crippen molar-refractivity contribution in [1.29, 1.82) is 0 Å². The Bertz CT molecular complexity index is 902. The Hall–Kier alpha value is -3.06. The molecule has 0 unspecified atom stereocenters. The van der Waals surface area contributed by atoms with Crippen molar-refractivity contribution in [3.8, 4) is 5.75 Å². The highest BCUT2D eigenvalue weighted by Crippen LogP contribution is 2.33. The fourth-order valence-electron chi connectivity index (χ4n) is 2.23. The maximum atomic E-state index is 6.20. The van der Waals surface area contributed by atoms with Crippen molar-refractivity contribution in [3.05, 3.63) is 53.4 Å². The van der Waals surface area contributed by atoms with Gasteiger partial charge in [-0.25, -0.2) is 15.0 Å². The number of rotatable bonds is 5. The summed E-state index contributed by atoms with van der Waals surface area (Å²) in [6, 6.07) is 9.04. The number of pyridine rings is 1. The van der Waals surface area contributed by atoms with Gasteiger partial charge < -0.3 is 21.1 Å². The van der Waals surface area contributed by atoms with Crippen molar-refractivity contribution < 1.29 is 4.74 Å². The van der Waals surface area contributed by atoms with Gasteiger partial charge in [0.15, 0.2) is 11.6 Å². The number of ether oxygens (including phenoxy) is 1. The molecule has 4 N–H and O–H groups in total. The molecule has 0 aliphatic carbocycles. The molecule has 0 radical (unpaired) electrons. The van der Waals surface area contributed by atoms with Crippen LogP contribution in [0.25, 0.3) is 0 Å². The lowest BCUT2D eigenvalue weighted by Gasteiger charge is -2.14. The first-order chi connectivity index (χ1) is 12.1. The smallest absolute Gasteiger partial charge is 0.160 e. The number of nitrogen functional groups attached to an aromatic ring is 1. The van der Waals surface area contributed by atoms with Gasteiger partial charge >= 0.3 is 0 Å². The lowest BCUT2D eigenvalue weighted by atomic mass is 10.2. The van der Waals surface area contributed by atoms with Gasteiger partial charge in [0, 0.05) is 11.2 Å². The zero-order chi connectivity index (χ0) is 17.8. The van der Waals surface area contributed by atoms with Gasteiger partial charge in [0.05, 0.1) is 12.8 Å². The normalized spacial score (nSPS) is 10.4. The SMILES string of the molecule is COc1ccc(Cl)cc1Nc1ncnc(Nc2cc(C)ccn2)c1N. The molecule has 0 bridgehead atoms. The third-order valence-electron chi connectivity index (χ3n) is 3.46. The molecule has 0 atom stereocenters. The van der Waals surface area contributed by atoms with E-state index in [4.69, 9.17) is 22.1 Å². The second-order valence-corrected chi connectivity index (χ2v) is 5.73. The second kappa shape index (κ2) is 7.23. The van der Waals surface area contributed by atoms with Crippen molar-refractivity contribution >= 4 is 40.4 Å². The van der Waals surface area contributed by atoms with Crippen molar-refractivity contribution in [2.24, 2.45) is 0 Å². The predicted molar refractivity (Wildman–Crippen MR) is 100.0 cm³/mol. The molecule has 25 heavy (non-hydrogen) atoms. The summed E-state index contributed by atoms with van der Waals surface area (Å²) in [6.07, 6.45) is 3.12. The van der Waals surface area contributed by atoms with Crippen molar-refractivity contribution in [1.82, 2.24) is 15.0 Å². The van der Waals surface area contributed by atoms with Crippen molar-refractivity contribution in [2.75, 3.05) is 23.5 Å². The van der Waals surface area contributed by atoms with Crippen LogP contribution in [0.4, 0.5) is 28.8 Å². The molecule has 0 aliphatic heterocycles. The van der Waals surface area contributed by atoms with Gasteiger partial charge in [0.1, 0.15) is 23.6 Å². The van der Waals surface area contributed by atoms with Crippen LogP contribution in [-0.4, -0.2) is 22.1 Å². The minimum Gasteiger partial charge on any atom is -0.495 e. The van der Waals surface area contributed by atoms with Gasteiger partial charge in [0.2, 0.25) is 0 Å². The summed E-state index contributed by atoms with van der Waals surface area (Å²) in [4.78, 5) is 12.6. The maximum Gasteiger partial charge on any atom is 0.160 e. The minimum atomic E-state index is 0.354. The average molecular weight is 357 g/mol. The van der Waals surface area contributed by atoms with Crippen LogP contribution < -0.4 is 21.1 Å². The standard InChI is InChI=1S/C17H17ClN6O/c1-10-5-6-20-14(7-10)24-17-15(19)16(21-9-22-17)23-12-8-11(18)3-4-13(12)25-2/h3-9H,19H2,1-2H3,(H2,20,21,22,23,24). The number of halogens is 1. The molecular weight excluding hydrogens is 340 g/mol. The number of hydrogen-bond donors (Lipinski definition) is 3. The van der Waals surface area contributed by atoms with Crippen LogP contribution in [0.3, 0.4) is 0 Å². The van der Waals surface area contributed by atoms with E-state index in [1.807, 2.05) is 19.1 Å². The topological polar surface area (TPSA) is 98.0 Å². The van der Waals surface area contributed by atoms with Gasteiger partial charge in [-0.2, -0.15) is 0 Å². The maximum absolute atomic E-state index is 6.20. The van der Waals surface area contributed by atoms with E-state index in [1.54, 1.807) is 31.5 Å². The number of aryl methyl sites for hydroxylation is 1. The van der Waals surface area contributed by atoms with E-state index in [-0.39, 0.29) is 0 Å². The van der Waals surface area contributed by atoms with Crippen molar-refractivity contribution in [2.45, 2.75) is 6.92 Å².